The summed E-state index contributed by atoms with van der Waals surface area (Å²) in [5, 5.41) is 0. The summed E-state index contributed by atoms with van der Waals surface area (Å²) in [5.74, 6) is -2.81. The summed E-state index contributed by atoms with van der Waals surface area (Å²) < 4.78 is 44.9. The summed E-state index contributed by atoms with van der Waals surface area (Å²) in [5.41, 5.74) is 6.26. The molecule has 0 saturated heterocycles. The predicted octanol–water partition coefficient (Wildman–Crippen LogP) is 4.03. The summed E-state index contributed by atoms with van der Waals surface area (Å²) >= 11 is 3.04. The minimum Gasteiger partial charge on any atom is -0.486 e. The highest BCUT2D eigenvalue weighted by molar-refractivity contribution is 9.10. The van der Waals surface area contributed by atoms with Crippen LogP contribution in [0, 0.1) is 17.5 Å². The van der Waals surface area contributed by atoms with Gasteiger partial charge in [0, 0.05) is 15.7 Å². The van der Waals surface area contributed by atoms with Gasteiger partial charge in [-0.3, -0.25) is 0 Å². The van der Waals surface area contributed by atoms with Gasteiger partial charge in [-0.05, 0) is 24.3 Å². The normalized spacial score (nSPS) is 10.5. The zero-order valence-corrected chi connectivity index (χ0v) is 11.2. The van der Waals surface area contributed by atoms with Crippen molar-refractivity contribution in [1.29, 1.82) is 0 Å². The van der Waals surface area contributed by atoms with E-state index in [1.807, 2.05) is 0 Å². The molecular formula is C13H9BrF3NO. The Morgan fingerprint density at radius 2 is 1.84 bits per heavy atom. The van der Waals surface area contributed by atoms with Crippen molar-refractivity contribution in [2.24, 2.45) is 0 Å². The quantitative estimate of drug-likeness (QED) is 0.680. The molecule has 0 heterocycles. The molecule has 2 rings (SSSR count). The van der Waals surface area contributed by atoms with Crippen LogP contribution in [0.5, 0.6) is 5.75 Å². The largest absolute Gasteiger partial charge is 0.486 e. The maximum absolute atomic E-state index is 13.4. The van der Waals surface area contributed by atoms with Crippen molar-refractivity contribution in [3.63, 3.8) is 0 Å². The lowest BCUT2D eigenvalue weighted by molar-refractivity contribution is 0.285. The maximum atomic E-state index is 13.4. The molecule has 0 bridgehead atoms. The van der Waals surface area contributed by atoms with Crippen LogP contribution >= 0.6 is 15.9 Å². The summed E-state index contributed by atoms with van der Waals surface area (Å²) in [6.45, 7) is -0.0844. The molecule has 2 aromatic carbocycles. The molecule has 0 atom stereocenters. The van der Waals surface area contributed by atoms with Crippen LogP contribution in [-0.2, 0) is 6.61 Å². The van der Waals surface area contributed by atoms with Crippen molar-refractivity contribution < 1.29 is 17.9 Å². The number of rotatable bonds is 3. The van der Waals surface area contributed by atoms with Crippen molar-refractivity contribution in [1.82, 2.24) is 0 Å². The van der Waals surface area contributed by atoms with Gasteiger partial charge in [-0.1, -0.05) is 22.0 Å². The van der Waals surface area contributed by atoms with E-state index in [1.165, 1.54) is 18.2 Å². The van der Waals surface area contributed by atoms with E-state index in [0.717, 1.165) is 12.1 Å². The number of benzene rings is 2. The van der Waals surface area contributed by atoms with E-state index in [-0.39, 0.29) is 18.0 Å². The van der Waals surface area contributed by atoms with Gasteiger partial charge in [0.1, 0.15) is 12.4 Å². The van der Waals surface area contributed by atoms with Crippen LogP contribution in [0.4, 0.5) is 18.9 Å². The second-order valence-electron chi connectivity index (χ2n) is 3.83. The summed E-state index contributed by atoms with van der Waals surface area (Å²) in [6.07, 6.45) is 0. The Hall–Kier alpha value is -1.69. The minimum absolute atomic E-state index is 0.0844. The topological polar surface area (TPSA) is 35.2 Å². The first-order chi connectivity index (χ1) is 8.97. The first kappa shape index (κ1) is 13.7. The first-order valence-corrected chi connectivity index (χ1v) is 6.08. The fourth-order valence-corrected chi connectivity index (χ4v) is 1.90. The van der Waals surface area contributed by atoms with Crippen molar-refractivity contribution in [3.8, 4) is 5.75 Å². The fraction of sp³-hybridized carbons (Fsp3) is 0.0769. The zero-order chi connectivity index (χ0) is 14.0. The van der Waals surface area contributed by atoms with Crippen LogP contribution in [0.25, 0.3) is 0 Å². The third-order valence-electron chi connectivity index (χ3n) is 2.45. The van der Waals surface area contributed by atoms with Gasteiger partial charge in [-0.25, -0.2) is 8.78 Å². The van der Waals surface area contributed by atoms with Gasteiger partial charge in [0.2, 0.25) is 5.82 Å². The second kappa shape index (κ2) is 5.52. The molecule has 0 aliphatic heterocycles. The highest BCUT2D eigenvalue weighted by Crippen LogP contribution is 2.26. The Morgan fingerprint density at radius 1 is 1.11 bits per heavy atom. The average molecular weight is 332 g/mol. The lowest BCUT2D eigenvalue weighted by Gasteiger charge is -2.10. The fourth-order valence-electron chi connectivity index (χ4n) is 1.49. The Balaban J connectivity index is 2.19. The van der Waals surface area contributed by atoms with Gasteiger partial charge in [-0.2, -0.15) is 4.39 Å². The van der Waals surface area contributed by atoms with Crippen LogP contribution < -0.4 is 10.5 Å². The molecule has 0 radical (unpaired) electrons. The predicted molar refractivity (Wildman–Crippen MR) is 69.2 cm³/mol. The third kappa shape index (κ3) is 3.20. The smallest absolute Gasteiger partial charge is 0.200 e. The zero-order valence-electron chi connectivity index (χ0n) is 9.59. The van der Waals surface area contributed by atoms with E-state index >= 15 is 0 Å². The van der Waals surface area contributed by atoms with Crippen molar-refractivity contribution in [2.75, 3.05) is 5.73 Å². The third-order valence-corrected chi connectivity index (χ3v) is 2.91. The maximum Gasteiger partial charge on any atom is 0.200 e. The molecule has 2 N–H and O–H groups in total. The molecule has 2 nitrogen and oxygen atoms in total. The van der Waals surface area contributed by atoms with E-state index in [2.05, 4.69) is 15.9 Å². The molecule has 0 aromatic heterocycles. The van der Waals surface area contributed by atoms with Gasteiger partial charge in [-0.15, -0.1) is 0 Å². The van der Waals surface area contributed by atoms with Crippen molar-refractivity contribution >= 4 is 21.6 Å². The van der Waals surface area contributed by atoms with E-state index in [1.54, 1.807) is 0 Å². The molecule has 0 aliphatic carbocycles. The number of nitrogens with two attached hydrogens (primary N) is 1. The number of hydrogen-bond donors (Lipinski definition) is 1. The van der Waals surface area contributed by atoms with Crippen molar-refractivity contribution in [2.45, 2.75) is 6.61 Å². The van der Waals surface area contributed by atoms with Crippen LogP contribution in [0.3, 0.4) is 0 Å². The monoisotopic (exact) mass is 331 g/mol. The number of anilines is 1. The molecule has 6 heteroatoms. The SMILES string of the molecule is Nc1cc(F)ccc1COc1cc(Br)cc(F)c1F. The molecule has 19 heavy (non-hydrogen) atoms. The first-order valence-electron chi connectivity index (χ1n) is 5.28. The van der Waals surface area contributed by atoms with Crippen LogP contribution in [-0.4, -0.2) is 0 Å². The molecular weight excluding hydrogens is 323 g/mol. The molecule has 0 amide bonds. The number of hydrogen-bond acceptors (Lipinski definition) is 2. The average Bonchev–Trinajstić information content (AvgIpc) is 2.33. The molecule has 2 aromatic rings. The Morgan fingerprint density at radius 3 is 2.53 bits per heavy atom. The Bertz CT molecular complexity index is 619. The molecule has 0 fully saturated rings. The van der Waals surface area contributed by atoms with Gasteiger partial charge in [0.25, 0.3) is 0 Å². The summed E-state index contributed by atoms with van der Waals surface area (Å²) in [4.78, 5) is 0. The van der Waals surface area contributed by atoms with E-state index < -0.39 is 17.5 Å². The standard InChI is InChI=1S/C13H9BrF3NO/c14-8-3-10(16)13(17)12(4-8)19-6-7-1-2-9(15)5-11(7)18/h1-5H,6,18H2. The second-order valence-corrected chi connectivity index (χ2v) is 4.75. The van der Waals surface area contributed by atoms with Gasteiger partial charge < -0.3 is 10.5 Å². The molecule has 0 unspecified atom stereocenters. The molecule has 0 saturated carbocycles. The lowest BCUT2D eigenvalue weighted by atomic mass is 10.2. The highest BCUT2D eigenvalue weighted by Gasteiger charge is 2.12. The van der Waals surface area contributed by atoms with Crippen LogP contribution in [0.1, 0.15) is 5.56 Å². The minimum atomic E-state index is -1.08. The van der Waals surface area contributed by atoms with E-state index in [9.17, 15) is 13.2 Å². The summed E-state index contributed by atoms with van der Waals surface area (Å²) in [7, 11) is 0. The Labute approximate surface area is 116 Å². The lowest BCUT2D eigenvalue weighted by Crippen LogP contribution is -2.02. The number of ether oxygens (including phenoxy) is 1. The molecule has 0 spiro atoms. The van der Waals surface area contributed by atoms with Gasteiger partial charge in [0.05, 0.1) is 0 Å². The van der Waals surface area contributed by atoms with Crippen molar-refractivity contribution in [3.05, 3.63) is 57.8 Å². The number of nitrogen functional groups attached to an aromatic ring is 1. The van der Waals surface area contributed by atoms with Gasteiger partial charge in [0.15, 0.2) is 11.6 Å². The molecule has 100 valence electrons. The van der Waals surface area contributed by atoms with Gasteiger partial charge >= 0.3 is 0 Å². The van der Waals surface area contributed by atoms with E-state index in [4.69, 9.17) is 10.5 Å². The van der Waals surface area contributed by atoms with E-state index in [0.29, 0.717) is 10.0 Å². The summed E-state index contributed by atoms with van der Waals surface area (Å²) in [6, 6.07) is 6.08. The van der Waals surface area contributed by atoms with Crippen LogP contribution in [0.15, 0.2) is 34.8 Å². The highest BCUT2D eigenvalue weighted by atomic mass is 79.9. The van der Waals surface area contributed by atoms with Crippen LogP contribution in [0.2, 0.25) is 0 Å². The molecule has 0 aliphatic rings. The Kier molecular flexibility index (Phi) is 3.99. The number of halogens is 4.